The number of halogens is 1. The van der Waals surface area contributed by atoms with Crippen LogP contribution in [0.1, 0.15) is 34.3 Å². The van der Waals surface area contributed by atoms with Crippen LogP contribution < -0.4 is 10.2 Å². The van der Waals surface area contributed by atoms with Crippen LogP contribution in [0.4, 0.5) is 10.1 Å². The Morgan fingerprint density at radius 2 is 2.16 bits per heavy atom. The highest BCUT2D eigenvalue weighted by Crippen LogP contribution is 2.24. The van der Waals surface area contributed by atoms with Crippen LogP contribution in [0, 0.1) is 24.1 Å². The minimum Gasteiger partial charge on any atom is -0.367 e. The molecule has 1 saturated heterocycles. The summed E-state index contributed by atoms with van der Waals surface area (Å²) >= 11 is 0. The fourth-order valence-electron chi connectivity index (χ4n) is 3.18. The Kier molecular flexibility index (Phi) is 4.99. The molecule has 25 heavy (non-hydrogen) atoms. The molecule has 0 aromatic heterocycles. The average Bonchev–Trinajstić information content (AvgIpc) is 2.64. The normalized spacial score (nSPS) is 17.0. The second-order valence-corrected chi connectivity index (χ2v) is 6.41. The molecule has 0 saturated carbocycles. The number of aryl methyl sites for hydroxylation is 1. The number of nitrogens with one attached hydrogen (secondary N) is 1. The zero-order valence-electron chi connectivity index (χ0n) is 14.1. The molecule has 1 aliphatic heterocycles. The van der Waals surface area contributed by atoms with E-state index < -0.39 is 0 Å². The Morgan fingerprint density at radius 1 is 1.32 bits per heavy atom. The van der Waals surface area contributed by atoms with E-state index in [-0.39, 0.29) is 17.8 Å². The number of hydrogen-bond acceptors (Lipinski definition) is 3. The minimum atomic E-state index is -0.237. The van der Waals surface area contributed by atoms with E-state index in [9.17, 15) is 9.18 Å². The van der Waals surface area contributed by atoms with E-state index in [2.05, 4.69) is 5.32 Å². The molecule has 0 aliphatic carbocycles. The molecule has 0 bridgehead atoms. The van der Waals surface area contributed by atoms with Gasteiger partial charge in [0.15, 0.2) is 0 Å². The molecule has 1 amide bonds. The van der Waals surface area contributed by atoms with Crippen molar-refractivity contribution < 1.29 is 9.18 Å². The van der Waals surface area contributed by atoms with Crippen molar-refractivity contribution in [3.05, 3.63) is 65.0 Å². The van der Waals surface area contributed by atoms with Gasteiger partial charge in [0, 0.05) is 24.7 Å². The van der Waals surface area contributed by atoms with Crippen LogP contribution in [-0.4, -0.2) is 25.0 Å². The predicted molar refractivity (Wildman–Crippen MR) is 95.0 cm³/mol. The van der Waals surface area contributed by atoms with Crippen LogP contribution in [0.3, 0.4) is 0 Å². The van der Waals surface area contributed by atoms with Crippen LogP contribution in [0.15, 0.2) is 42.5 Å². The number of benzene rings is 2. The largest absolute Gasteiger partial charge is 0.367 e. The molecule has 1 N–H and O–H groups in total. The molecule has 4 nitrogen and oxygen atoms in total. The number of carbonyl (C=O) groups is 1. The first kappa shape index (κ1) is 17.0. The number of nitrogens with zero attached hydrogens (tertiary/aromatic N) is 2. The van der Waals surface area contributed by atoms with Crippen LogP contribution in [0.25, 0.3) is 0 Å². The fraction of sp³-hybridized carbons (Fsp3) is 0.300. The summed E-state index contributed by atoms with van der Waals surface area (Å²) in [5.74, 6) is -0.437. The minimum absolute atomic E-state index is 0.0492. The second-order valence-electron chi connectivity index (χ2n) is 6.41. The lowest BCUT2D eigenvalue weighted by Gasteiger charge is -2.35. The van der Waals surface area contributed by atoms with Gasteiger partial charge in [-0.15, -0.1) is 0 Å². The third kappa shape index (κ3) is 3.97. The van der Waals surface area contributed by atoms with Crippen LogP contribution in [0.5, 0.6) is 0 Å². The third-order valence-electron chi connectivity index (χ3n) is 4.45. The smallest absolute Gasteiger partial charge is 0.251 e. The number of carbonyl (C=O) groups excluding carboxylic acids is 1. The predicted octanol–water partition coefficient (Wildman–Crippen LogP) is 3.40. The van der Waals surface area contributed by atoms with Gasteiger partial charge in [0.2, 0.25) is 0 Å². The molecule has 0 spiro atoms. The average molecular weight is 337 g/mol. The topological polar surface area (TPSA) is 56.1 Å². The first-order chi connectivity index (χ1) is 12.1. The summed E-state index contributed by atoms with van der Waals surface area (Å²) in [6, 6.07) is 13.7. The Bertz CT molecular complexity index is 828. The SMILES string of the molecule is Cc1ccc(F)c(N2CCCC(NC(=O)c3cccc(C#N)c3)C2)c1. The van der Waals surface area contributed by atoms with E-state index >= 15 is 0 Å². The first-order valence-corrected chi connectivity index (χ1v) is 8.39. The van der Waals surface area contributed by atoms with Crippen molar-refractivity contribution in [2.75, 3.05) is 18.0 Å². The zero-order valence-corrected chi connectivity index (χ0v) is 14.1. The van der Waals surface area contributed by atoms with Crippen molar-refractivity contribution in [2.24, 2.45) is 0 Å². The highest BCUT2D eigenvalue weighted by Gasteiger charge is 2.23. The van der Waals surface area contributed by atoms with Crippen molar-refractivity contribution in [1.82, 2.24) is 5.32 Å². The van der Waals surface area contributed by atoms with E-state index in [1.54, 1.807) is 30.3 Å². The Labute approximate surface area is 146 Å². The maximum Gasteiger partial charge on any atom is 0.251 e. The van der Waals surface area contributed by atoms with Gasteiger partial charge >= 0.3 is 0 Å². The van der Waals surface area contributed by atoms with Gasteiger partial charge in [-0.3, -0.25) is 4.79 Å². The number of piperidine rings is 1. The van der Waals surface area contributed by atoms with Gasteiger partial charge in [0.25, 0.3) is 5.91 Å². The summed E-state index contributed by atoms with van der Waals surface area (Å²) in [6.07, 6.45) is 1.74. The molecule has 2 aromatic carbocycles. The van der Waals surface area contributed by atoms with Gasteiger partial charge in [0.05, 0.1) is 17.3 Å². The lowest BCUT2D eigenvalue weighted by atomic mass is 10.0. The van der Waals surface area contributed by atoms with E-state index in [0.29, 0.717) is 23.4 Å². The summed E-state index contributed by atoms with van der Waals surface area (Å²) in [4.78, 5) is 14.4. The number of rotatable bonds is 3. The molecule has 0 radical (unpaired) electrons. The maximum absolute atomic E-state index is 14.1. The van der Waals surface area contributed by atoms with Crippen molar-refractivity contribution >= 4 is 11.6 Å². The molecule has 128 valence electrons. The maximum atomic E-state index is 14.1. The molecule has 1 unspecified atom stereocenters. The number of amides is 1. The summed E-state index contributed by atoms with van der Waals surface area (Å²) in [5.41, 5.74) is 2.53. The second kappa shape index (κ2) is 7.35. The molecular formula is C20H20FN3O. The van der Waals surface area contributed by atoms with E-state index in [0.717, 1.165) is 24.9 Å². The summed E-state index contributed by atoms with van der Waals surface area (Å²) in [5, 5.41) is 12.0. The Balaban J connectivity index is 1.70. The number of nitriles is 1. The lowest BCUT2D eigenvalue weighted by Crippen LogP contribution is -2.48. The van der Waals surface area contributed by atoms with Crippen LogP contribution >= 0.6 is 0 Å². The van der Waals surface area contributed by atoms with Crippen molar-refractivity contribution in [1.29, 1.82) is 5.26 Å². The summed E-state index contributed by atoms with van der Waals surface area (Å²) < 4.78 is 14.1. The van der Waals surface area contributed by atoms with Gasteiger partial charge in [-0.25, -0.2) is 4.39 Å². The molecule has 1 fully saturated rings. The molecular weight excluding hydrogens is 317 g/mol. The van der Waals surface area contributed by atoms with Gasteiger partial charge in [-0.1, -0.05) is 12.1 Å². The standard InChI is InChI=1S/C20H20FN3O/c1-14-7-8-18(21)19(10-14)24-9-3-6-17(13-24)23-20(25)16-5-2-4-15(11-16)12-22/h2,4-5,7-8,10-11,17H,3,6,9,13H2,1H3,(H,23,25). The van der Waals surface area contributed by atoms with Crippen molar-refractivity contribution in [2.45, 2.75) is 25.8 Å². The van der Waals surface area contributed by atoms with Crippen LogP contribution in [-0.2, 0) is 0 Å². The summed E-state index contributed by atoms with van der Waals surface area (Å²) in [7, 11) is 0. The molecule has 5 heteroatoms. The van der Waals surface area contributed by atoms with Gasteiger partial charge in [0.1, 0.15) is 5.82 Å². The number of anilines is 1. The molecule has 1 aliphatic rings. The Hall–Kier alpha value is -2.87. The highest BCUT2D eigenvalue weighted by atomic mass is 19.1. The highest BCUT2D eigenvalue weighted by molar-refractivity contribution is 5.94. The van der Waals surface area contributed by atoms with E-state index in [4.69, 9.17) is 5.26 Å². The molecule has 3 rings (SSSR count). The van der Waals surface area contributed by atoms with Gasteiger partial charge < -0.3 is 10.2 Å². The lowest BCUT2D eigenvalue weighted by molar-refractivity contribution is 0.0933. The first-order valence-electron chi connectivity index (χ1n) is 8.39. The molecule has 1 atom stereocenters. The summed E-state index contributed by atoms with van der Waals surface area (Å²) in [6.45, 7) is 3.29. The quantitative estimate of drug-likeness (QED) is 0.934. The van der Waals surface area contributed by atoms with Crippen molar-refractivity contribution in [3.8, 4) is 6.07 Å². The third-order valence-corrected chi connectivity index (χ3v) is 4.45. The molecule has 1 heterocycles. The zero-order chi connectivity index (χ0) is 17.8. The van der Waals surface area contributed by atoms with Crippen LogP contribution in [0.2, 0.25) is 0 Å². The van der Waals surface area contributed by atoms with Gasteiger partial charge in [-0.05, 0) is 55.7 Å². The van der Waals surface area contributed by atoms with Crippen molar-refractivity contribution in [3.63, 3.8) is 0 Å². The molecule has 2 aromatic rings. The van der Waals surface area contributed by atoms with Gasteiger partial charge in [-0.2, -0.15) is 5.26 Å². The van der Waals surface area contributed by atoms with E-state index in [1.165, 1.54) is 6.07 Å². The van der Waals surface area contributed by atoms with E-state index in [1.807, 2.05) is 24.0 Å². The monoisotopic (exact) mass is 337 g/mol. The fourth-order valence-corrected chi connectivity index (χ4v) is 3.18. The Morgan fingerprint density at radius 3 is 2.96 bits per heavy atom. The number of hydrogen-bond donors (Lipinski definition) is 1.